The Balaban J connectivity index is 2.06. The number of benzene rings is 1. The highest BCUT2D eigenvalue weighted by atomic mass is 127. The molecule has 0 unspecified atom stereocenters. The third kappa shape index (κ3) is 2.24. The first-order valence-corrected chi connectivity index (χ1v) is 6.93. The molecular weight excluding hydrogens is 325 g/mol. The van der Waals surface area contributed by atoms with Gasteiger partial charge < -0.3 is 10.2 Å². The van der Waals surface area contributed by atoms with E-state index in [9.17, 15) is 0 Å². The Bertz CT molecular complexity index is 535. The van der Waals surface area contributed by atoms with Gasteiger partial charge in [-0.25, -0.2) is 4.98 Å². The Hall–Kier alpha value is -0.880. The van der Waals surface area contributed by atoms with Crippen LogP contribution in [0.5, 0.6) is 0 Å². The van der Waals surface area contributed by atoms with E-state index in [1.807, 2.05) is 6.07 Å². The van der Waals surface area contributed by atoms with Crippen LogP contribution >= 0.6 is 22.6 Å². The third-order valence-corrected chi connectivity index (χ3v) is 3.87. The Morgan fingerprint density at radius 2 is 1.94 bits per heavy atom. The number of rotatable bonds is 1. The average molecular weight is 339 g/mol. The summed E-state index contributed by atoms with van der Waals surface area (Å²) < 4.78 is 1.24. The molecule has 1 fully saturated rings. The van der Waals surface area contributed by atoms with Crippen LogP contribution in [-0.4, -0.2) is 31.2 Å². The molecule has 3 nitrogen and oxygen atoms in total. The predicted molar refractivity (Wildman–Crippen MR) is 79.5 cm³/mol. The van der Waals surface area contributed by atoms with Gasteiger partial charge in [-0.3, -0.25) is 0 Å². The van der Waals surface area contributed by atoms with Gasteiger partial charge in [-0.1, -0.05) is 18.2 Å². The lowest BCUT2D eigenvalue weighted by atomic mass is 10.2. The molecule has 1 N–H and O–H groups in total. The standard InChI is InChI=1S/C13H14IN3/c14-11-9-10-3-1-2-4-12(10)16-13(11)17-7-5-15-6-8-17/h1-4,9,15H,5-8H2. The summed E-state index contributed by atoms with van der Waals surface area (Å²) in [5, 5.41) is 4.59. The molecule has 0 saturated carbocycles. The van der Waals surface area contributed by atoms with Gasteiger partial charge in [0.25, 0.3) is 0 Å². The number of piperazine rings is 1. The highest BCUT2D eigenvalue weighted by Gasteiger charge is 2.15. The Morgan fingerprint density at radius 3 is 2.76 bits per heavy atom. The molecule has 4 heteroatoms. The quantitative estimate of drug-likeness (QED) is 0.808. The second-order valence-corrected chi connectivity index (χ2v) is 5.39. The maximum absolute atomic E-state index is 4.79. The average Bonchev–Trinajstić information content (AvgIpc) is 2.39. The Morgan fingerprint density at radius 1 is 1.18 bits per heavy atom. The summed E-state index contributed by atoms with van der Waals surface area (Å²) in [5.41, 5.74) is 1.08. The van der Waals surface area contributed by atoms with Gasteiger partial charge in [0.15, 0.2) is 0 Å². The Kier molecular flexibility index (Phi) is 3.15. The van der Waals surface area contributed by atoms with Crippen LogP contribution in [0.25, 0.3) is 10.9 Å². The zero-order valence-electron chi connectivity index (χ0n) is 9.49. The predicted octanol–water partition coefficient (Wildman–Crippen LogP) is 2.25. The van der Waals surface area contributed by atoms with Crippen molar-refractivity contribution >= 4 is 39.3 Å². The van der Waals surface area contributed by atoms with Gasteiger partial charge >= 0.3 is 0 Å². The lowest BCUT2D eigenvalue weighted by molar-refractivity contribution is 0.585. The highest BCUT2D eigenvalue weighted by Crippen LogP contribution is 2.25. The van der Waals surface area contributed by atoms with Crippen LogP contribution < -0.4 is 10.2 Å². The summed E-state index contributed by atoms with van der Waals surface area (Å²) in [7, 11) is 0. The van der Waals surface area contributed by atoms with E-state index in [-0.39, 0.29) is 0 Å². The zero-order valence-corrected chi connectivity index (χ0v) is 11.6. The van der Waals surface area contributed by atoms with Crippen LogP contribution in [0.15, 0.2) is 30.3 Å². The maximum atomic E-state index is 4.79. The number of hydrogen-bond acceptors (Lipinski definition) is 3. The number of aromatic nitrogens is 1. The number of para-hydroxylation sites is 1. The molecule has 0 amide bonds. The van der Waals surface area contributed by atoms with Crippen molar-refractivity contribution in [3.8, 4) is 0 Å². The third-order valence-electron chi connectivity index (χ3n) is 3.08. The number of pyridine rings is 1. The first-order chi connectivity index (χ1) is 8.34. The fourth-order valence-corrected chi connectivity index (χ4v) is 2.98. The summed E-state index contributed by atoms with van der Waals surface area (Å²) in [4.78, 5) is 7.15. The fourth-order valence-electron chi connectivity index (χ4n) is 2.18. The summed E-state index contributed by atoms with van der Waals surface area (Å²) in [5.74, 6) is 1.13. The van der Waals surface area contributed by atoms with Crippen LogP contribution in [0, 0.1) is 3.57 Å². The zero-order chi connectivity index (χ0) is 11.7. The summed E-state index contributed by atoms with van der Waals surface area (Å²) in [6.45, 7) is 4.18. The number of fused-ring (bicyclic) bond motifs is 1. The van der Waals surface area contributed by atoms with Crippen LogP contribution in [0.4, 0.5) is 5.82 Å². The first kappa shape index (κ1) is 11.2. The molecule has 2 aromatic rings. The summed E-state index contributed by atoms with van der Waals surface area (Å²) >= 11 is 2.39. The molecule has 88 valence electrons. The number of halogens is 1. The topological polar surface area (TPSA) is 28.2 Å². The Labute approximate surface area is 114 Å². The van der Waals surface area contributed by atoms with Gasteiger partial charge in [0, 0.05) is 31.6 Å². The summed E-state index contributed by atoms with van der Waals surface area (Å²) in [6.07, 6.45) is 0. The second-order valence-electron chi connectivity index (χ2n) is 4.22. The molecular formula is C13H14IN3. The molecule has 1 aliphatic rings. The minimum absolute atomic E-state index is 1.04. The number of anilines is 1. The van der Waals surface area contributed by atoms with Crippen molar-refractivity contribution in [1.29, 1.82) is 0 Å². The van der Waals surface area contributed by atoms with E-state index in [4.69, 9.17) is 4.98 Å². The van der Waals surface area contributed by atoms with E-state index < -0.39 is 0 Å². The molecule has 0 atom stereocenters. The van der Waals surface area contributed by atoms with Gasteiger partial charge in [-0.2, -0.15) is 0 Å². The molecule has 0 spiro atoms. The second kappa shape index (κ2) is 4.78. The van der Waals surface area contributed by atoms with E-state index in [0.29, 0.717) is 0 Å². The highest BCUT2D eigenvalue weighted by molar-refractivity contribution is 14.1. The SMILES string of the molecule is Ic1cc2ccccc2nc1N1CCNCC1. The summed E-state index contributed by atoms with van der Waals surface area (Å²) in [6, 6.07) is 10.5. The molecule has 1 aromatic carbocycles. The molecule has 0 radical (unpaired) electrons. The maximum Gasteiger partial charge on any atom is 0.142 e. The van der Waals surface area contributed by atoms with Crippen molar-refractivity contribution in [2.75, 3.05) is 31.1 Å². The van der Waals surface area contributed by atoms with E-state index in [0.717, 1.165) is 37.5 Å². The van der Waals surface area contributed by atoms with E-state index in [1.165, 1.54) is 8.96 Å². The molecule has 1 aromatic heterocycles. The molecule has 2 heterocycles. The minimum atomic E-state index is 1.04. The first-order valence-electron chi connectivity index (χ1n) is 5.85. The van der Waals surface area contributed by atoms with E-state index in [2.05, 4.69) is 57.1 Å². The van der Waals surface area contributed by atoms with E-state index in [1.54, 1.807) is 0 Å². The van der Waals surface area contributed by atoms with Crippen molar-refractivity contribution in [1.82, 2.24) is 10.3 Å². The molecule has 3 rings (SSSR count). The van der Waals surface area contributed by atoms with Crippen LogP contribution in [0.3, 0.4) is 0 Å². The smallest absolute Gasteiger partial charge is 0.142 e. The van der Waals surface area contributed by atoms with Gasteiger partial charge in [0.2, 0.25) is 0 Å². The molecule has 1 saturated heterocycles. The largest absolute Gasteiger partial charge is 0.353 e. The van der Waals surface area contributed by atoms with Gasteiger partial charge in [0.05, 0.1) is 9.09 Å². The molecule has 0 aliphatic carbocycles. The number of nitrogens with zero attached hydrogens (tertiary/aromatic N) is 2. The van der Waals surface area contributed by atoms with Crippen LogP contribution in [0.2, 0.25) is 0 Å². The van der Waals surface area contributed by atoms with Gasteiger partial charge in [-0.15, -0.1) is 0 Å². The van der Waals surface area contributed by atoms with Crippen LogP contribution in [-0.2, 0) is 0 Å². The van der Waals surface area contributed by atoms with Crippen molar-refractivity contribution in [2.24, 2.45) is 0 Å². The molecule has 17 heavy (non-hydrogen) atoms. The number of hydrogen-bond donors (Lipinski definition) is 1. The van der Waals surface area contributed by atoms with Crippen molar-refractivity contribution in [3.63, 3.8) is 0 Å². The van der Waals surface area contributed by atoms with Crippen molar-refractivity contribution in [3.05, 3.63) is 33.9 Å². The lowest BCUT2D eigenvalue weighted by Crippen LogP contribution is -2.44. The molecule has 1 aliphatic heterocycles. The monoisotopic (exact) mass is 339 g/mol. The lowest BCUT2D eigenvalue weighted by Gasteiger charge is -2.29. The van der Waals surface area contributed by atoms with E-state index >= 15 is 0 Å². The molecule has 0 bridgehead atoms. The van der Waals surface area contributed by atoms with Gasteiger partial charge in [0.1, 0.15) is 5.82 Å². The van der Waals surface area contributed by atoms with Crippen molar-refractivity contribution < 1.29 is 0 Å². The van der Waals surface area contributed by atoms with Gasteiger partial charge in [-0.05, 0) is 34.7 Å². The normalized spacial score (nSPS) is 16.4. The number of nitrogens with one attached hydrogen (secondary N) is 1. The fraction of sp³-hybridized carbons (Fsp3) is 0.308. The minimum Gasteiger partial charge on any atom is -0.353 e. The van der Waals surface area contributed by atoms with Crippen molar-refractivity contribution in [2.45, 2.75) is 0 Å². The van der Waals surface area contributed by atoms with Crippen LogP contribution in [0.1, 0.15) is 0 Å².